The zero-order chi connectivity index (χ0) is 10.1. The van der Waals surface area contributed by atoms with Gasteiger partial charge in [0.2, 0.25) is 0 Å². The maximum atomic E-state index is 9.22. The monoisotopic (exact) mass is 192 g/mol. The Morgan fingerprint density at radius 3 is 2.71 bits per heavy atom. The minimum absolute atomic E-state index is 0.536. The van der Waals surface area contributed by atoms with Gasteiger partial charge in [0.05, 0.1) is 0 Å². The molecule has 1 aliphatic heterocycles. The van der Waals surface area contributed by atoms with Crippen LogP contribution in [0.25, 0.3) is 0 Å². The summed E-state index contributed by atoms with van der Waals surface area (Å²) in [6, 6.07) is 7.71. The van der Waals surface area contributed by atoms with E-state index in [1.165, 1.54) is 0 Å². The molecule has 0 aromatic heterocycles. The summed E-state index contributed by atoms with van der Waals surface area (Å²) >= 11 is 0. The van der Waals surface area contributed by atoms with Crippen molar-refractivity contribution in [3.63, 3.8) is 0 Å². The molecule has 1 heterocycles. The Morgan fingerprint density at radius 2 is 2.14 bits per heavy atom. The fraction of sp³-hybridized carbons (Fsp3) is 0.300. The smallest absolute Gasteiger partial charge is 0.192 e. The first-order chi connectivity index (χ1) is 6.66. The first-order valence-electron chi connectivity index (χ1n) is 4.44. The van der Waals surface area contributed by atoms with E-state index in [1.54, 1.807) is 0 Å². The van der Waals surface area contributed by atoms with Crippen molar-refractivity contribution in [2.45, 2.75) is 19.4 Å². The summed E-state index contributed by atoms with van der Waals surface area (Å²) in [5.41, 5.74) is 1.99. The molecular formula is C10H12N2O2. The van der Waals surface area contributed by atoms with E-state index < -0.39 is 12.5 Å². The molecule has 0 saturated heterocycles. The lowest BCUT2D eigenvalue weighted by atomic mass is 10.1. The zero-order valence-corrected chi connectivity index (χ0v) is 7.81. The van der Waals surface area contributed by atoms with Gasteiger partial charge in [-0.2, -0.15) is 0 Å². The van der Waals surface area contributed by atoms with Crippen LogP contribution in [-0.4, -0.2) is 28.5 Å². The van der Waals surface area contributed by atoms with Gasteiger partial charge in [-0.15, -0.1) is 0 Å². The van der Waals surface area contributed by atoms with Crippen LogP contribution in [0.5, 0.6) is 0 Å². The second-order valence-electron chi connectivity index (χ2n) is 3.35. The number of amidine groups is 1. The number of aliphatic hydroxyl groups is 2. The molecule has 0 spiro atoms. The molecule has 0 fully saturated rings. The number of nitrogens with one attached hydrogen (secondary N) is 1. The Kier molecular flexibility index (Phi) is 2.23. The van der Waals surface area contributed by atoms with Crippen LogP contribution in [0.4, 0.5) is 0 Å². The van der Waals surface area contributed by atoms with Gasteiger partial charge in [-0.25, -0.2) is 4.99 Å². The molecule has 0 radical (unpaired) electrons. The van der Waals surface area contributed by atoms with Crippen molar-refractivity contribution in [1.29, 1.82) is 0 Å². The summed E-state index contributed by atoms with van der Waals surface area (Å²) in [6.07, 6.45) is -2.06. The van der Waals surface area contributed by atoms with Crippen LogP contribution >= 0.6 is 0 Å². The Hall–Kier alpha value is -1.39. The van der Waals surface area contributed by atoms with E-state index in [-0.39, 0.29) is 0 Å². The largest absolute Gasteiger partial charge is 0.369 e. The topological polar surface area (TPSA) is 64.9 Å². The molecule has 4 heteroatoms. The molecule has 74 valence electrons. The highest BCUT2D eigenvalue weighted by Crippen LogP contribution is 2.10. The van der Waals surface area contributed by atoms with Crippen molar-refractivity contribution in [2.24, 2.45) is 4.99 Å². The lowest BCUT2D eigenvalue weighted by Gasteiger charge is -2.06. The Morgan fingerprint density at radius 1 is 1.36 bits per heavy atom. The molecule has 2 unspecified atom stereocenters. The molecule has 2 rings (SSSR count). The van der Waals surface area contributed by atoms with E-state index in [1.807, 2.05) is 31.2 Å². The van der Waals surface area contributed by atoms with Gasteiger partial charge in [-0.05, 0) is 13.0 Å². The minimum Gasteiger partial charge on any atom is -0.369 e. The van der Waals surface area contributed by atoms with E-state index in [9.17, 15) is 10.2 Å². The van der Waals surface area contributed by atoms with Gasteiger partial charge in [0.1, 0.15) is 5.84 Å². The van der Waals surface area contributed by atoms with E-state index in [4.69, 9.17) is 0 Å². The zero-order valence-electron chi connectivity index (χ0n) is 7.81. The number of benzene rings is 1. The quantitative estimate of drug-likeness (QED) is 0.586. The van der Waals surface area contributed by atoms with Crippen molar-refractivity contribution < 1.29 is 10.2 Å². The lowest BCUT2D eigenvalue weighted by Crippen LogP contribution is -2.34. The summed E-state index contributed by atoms with van der Waals surface area (Å²) in [5, 5.41) is 21.1. The van der Waals surface area contributed by atoms with Crippen molar-refractivity contribution in [3.8, 4) is 0 Å². The first kappa shape index (κ1) is 9.18. The second-order valence-corrected chi connectivity index (χ2v) is 3.35. The SMILES string of the molecule is Cc1cccc(C2=NC(O)C(O)N2)c1. The van der Waals surface area contributed by atoms with Gasteiger partial charge in [-0.3, -0.25) is 0 Å². The van der Waals surface area contributed by atoms with Gasteiger partial charge >= 0.3 is 0 Å². The van der Waals surface area contributed by atoms with Crippen molar-refractivity contribution in [3.05, 3.63) is 35.4 Å². The Bertz CT molecular complexity index is 376. The fourth-order valence-corrected chi connectivity index (χ4v) is 1.40. The summed E-state index contributed by atoms with van der Waals surface area (Å²) in [6.45, 7) is 1.98. The number of hydrogen-bond donors (Lipinski definition) is 3. The maximum Gasteiger partial charge on any atom is 0.192 e. The summed E-state index contributed by atoms with van der Waals surface area (Å²) < 4.78 is 0. The van der Waals surface area contributed by atoms with Crippen LogP contribution in [0.1, 0.15) is 11.1 Å². The first-order valence-corrected chi connectivity index (χ1v) is 4.44. The standard InChI is InChI=1S/C10H12N2O2/c1-6-3-2-4-7(5-6)8-11-9(13)10(14)12-8/h2-5,9-10,13-14H,1H3,(H,11,12). The van der Waals surface area contributed by atoms with E-state index in [0.717, 1.165) is 11.1 Å². The molecule has 2 atom stereocenters. The minimum atomic E-state index is -1.06. The van der Waals surface area contributed by atoms with Crippen LogP contribution in [0.15, 0.2) is 29.3 Å². The van der Waals surface area contributed by atoms with Crippen LogP contribution in [0.2, 0.25) is 0 Å². The molecule has 14 heavy (non-hydrogen) atoms. The molecule has 0 amide bonds. The highest BCUT2D eigenvalue weighted by molar-refractivity contribution is 6.00. The molecule has 0 bridgehead atoms. The number of nitrogens with zero attached hydrogens (tertiary/aromatic N) is 1. The predicted octanol–water partition coefficient (Wildman–Crippen LogP) is -0.0184. The Balaban J connectivity index is 2.29. The third kappa shape index (κ3) is 1.62. The molecule has 1 aromatic rings. The molecule has 4 nitrogen and oxygen atoms in total. The van der Waals surface area contributed by atoms with Gasteiger partial charge in [0.15, 0.2) is 12.5 Å². The van der Waals surface area contributed by atoms with Crippen molar-refractivity contribution in [2.75, 3.05) is 0 Å². The van der Waals surface area contributed by atoms with Gasteiger partial charge < -0.3 is 15.5 Å². The number of rotatable bonds is 1. The molecular weight excluding hydrogens is 180 g/mol. The molecule has 3 N–H and O–H groups in total. The fourth-order valence-electron chi connectivity index (χ4n) is 1.40. The average Bonchev–Trinajstić information content (AvgIpc) is 2.47. The Labute approximate surface area is 81.9 Å². The van der Waals surface area contributed by atoms with E-state index in [0.29, 0.717) is 5.84 Å². The van der Waals surface area contributed by atoms with E-state index >= 15 is 0 Å². The summed E-state index contributed by atoms with van der Waals surface area (Å²) in [4.78, 5) is 3.89. The normalized spacial score (nSPS) is 25.8. The number of aryl methyl sites for hydroxylation is 1. The molecule has 0 saturated carbocycles. The van der Waals surface area contributed by atoms with Gasteiger partial charge in [0, 0.05) is 5.56 Å². The third-order valence-electron chi connectivity index (χ3n) is 2.12. The van der Waals surface area contributed by atoms with Gasteiger partial charge in [-0.1, -0.05) is 23.8 Å². The van der Waals surface area contributed by atoms with E-state index in [2.05, 4.69) is 10.3 Å². The maximum absolute atomic E-state index is 9.22. The van der Waals surface area contributed by atoms with Crippen LogP contribution in [0, 0.1) is 6.92 Å². The van der Waals surface area contributed by atoms with Crippen molar-refractivity contribution in [1.82, 2.24) is 5.32 Å². The highest BCUT2D eigenvalue weighted by atomic mass is 16.4. The molecule has 0 aliphatic carbocycles. The second kappa shape index (κ2) is 3.40. The van der Waals surface area contributed by atoms with Crippen LogP contribution < -0.4 is 5.32 Å². The third-order valence-corrected chi connectivity index (χ3v) is 2.12. The highest BCUT2D eigenvalue weighted by Gasteiger charge is 2.24. The number of aliphatic imine (C=N–C) groups is 1. The molecule has 1 aromatic carbocycles. The molecule has 1 aliphatic rings. The predicted molar refractivity (Wildman–Crippen MR) is 52.9 cm³/mol. The van der Waals surface area contributed by atoms with Crippen LogP contribution in [-0.2, 0) is 0 Å². The number of aliphatic hydroxyl groups excluding tert-OH is 2. The van der Waals surface area contributed by atoms with Gasteiger partial charge in [0.25, 0.3) is 0 Å². The lowest BCUT2D eigenvalue weighted by molar-refractivity contribution is 0.0287. The summed E-state index contributed by atoms with van der Waals surface area (Å²) in [7, 11) is 0. The summed E-state index contributed by atoms with van der Waals surface area (Å²) in [5.74, 6) is 0.536. The van der Waals surface area contributed by atoms with Crippen LogP contribution in [0.3, 0.4) is 0 Å². The van der Waals surface area contributed by atoms with Crippen molar-refractivity contribution >= 4 is 5.84 Å². The number of hydrogen-bond acceptors (Lipinski definition) is 4. The average molecular weight is 192 g/mol.